The molecule has 0 spiro atoms. The molecule has 1 heterocycles. The van der Waals surface area contributed by atoms with Crippen LogP contribution in [-0.4, -0.2) is 57.7 Å². The van der Waals surface area contributed by atoms with Crippen molar-refractivity contribution in [1.29, 1.82) is 0 Å². The summed E-state index contributed by atoms with van der Waals surface area (Å²) in [6.45, 7) is 2.73. The van der Waals surface area contributed by atoms with Gasteiger partial charge in [0, 0.05) is 33.2 Å². The molecule has 1 aliphatic carbocycles. The maximum absolute atomic E-state index is 11.6. The zero-order chi connectivity index (χ0) is 13.7. The molecule has 1 saturated carbocycles. The lowest BCUT2D eigenvalue weighted by Gasteiger charge is -2.26. The number of aliphatic imine (C=N–C) groups is 1. The summed E-state index contributed by atoms with van der Waals surface area (Å²) in [6, 6.07) is 0. The maximum atomic E-state index is 11.6. The van der Waals surface area contributed by atoms with Crippen LogP contribution in [0.1, 0.15) is 25.7 Å². The summed E-state index contributed by atoms with van der Waals surface area (Å²) in [6.07, 6.45) is 4.69. The number of rotatable bonds is 5. The van der Waals surface area contributed by atoms with E-state index in [1.54, 1.807) is 11.4 Å². The second kappa shape index (κ2) is 6.56. The van der Waals surface area contributed by atoms with Crippen LogP contribution in [0, 0.1) is 5.92 Å². The molecule has 0 unspecified atom stereocenters. The van der Waals surface area contributed by atoms with Gasteiger partial charge in [-0.3, -0.25) is 4.99 Å². The highest BCUT2D eigenvalue weighted by Crippen LogP contribution is 2.24. The van der Waals surface area contributed by atoms with Gasteiger partial charge in [-0.15, -0.1) is 0 Å². The van der Waals surface area contributed by atoms with Gasteiger partial charge in [-0.2, -0.15) is 0 Å². The quantitative estimate of drug-likeness (QED) is 0.551. The topological polar surface area (TPSA) is 73.8 Å². The van der Waals surface area contributed by atoms with Crippen molar-refractivity contribution in [2.45, 2.75) is 25.7 Å². The number of hydrogen-bond acceptors (Lipinski definition) is 3. The Hall–Kier alpha value is -0.820. The van der Waals surface area contributed by atoms with E-state index in [2.05, 4.69) is 15.6 Å². The molecule has 6 nitrogen and oxygen atoms in total. The van der Waals surface area contributed by atoms with Crippen molar-refractivity contribution in [3.8, 4) is 0 Å². The number of sulfonamides is 1. The molecular weight excluding hydrogens is 264 g/mol. The molecule has 0 aromatic heterocycles. The monoisotopic (exact) mass is 288 g/mol. The molecule has 0 aromatic carbocycles. The molecule has 110 valence electrons. The van der Waals surface area contributed by atoms with Crippen LogP contribution in [0.15, 0.2) is 4.99 Å². The Morgan fingerprint density at radius 3 is 2.63 bits per heavy atom. The lowest BCUT2D eigenvalue weighted by molar-refractivity contribution is 0.314. The third kappa shape index (κ3) is 4.07. The van der Waals surface area contributed by atoms with Gasteiger partial charge in [0.25, 0.3) is 0 Å². The smallest absolute Gasteiger partial charge is 0.214 e. The molecule has 0 radical (unpaired) electrons. The first kappa shape index (κ1) is 14.6. The molecule has 1 aliphatic heterocycles. The van der Waals surface area contributed by atoms with Crippen molar-refractivity contribution in [1.82, 2.24) is 14.9 Å². The average Bonchev–Trinajstić information content (AvgIpc) is 2.64. The van der Waals surface area contributed by atoms with Gasteiger partial charge in [0.05, 0.1) is 5.75 Å². The summed E-state index contributed by atoms with van der Waals surface area (Å²) < 4.78 is 24.8. The Kier molecular flexibility index (Phi) is 5.04. The van der Waals surface area contributed by atoms with Gasteiger partial charge in [-0.25, -0.2) is 12.7 Å². The molecule has 19 heavy (non-hydrogen) atoms. The number of guanidine groups is 1. The lowest BCUT2D eigenvalue weighted by Crippen LogP contribution is -2.44. The van der Waals surface area contributed by atoms with Crippen molar-refractivity contribution in [3.63, 3.8) is 0 Å². The molecular formula is C12H24N4O2S. The van der Waals surface area contributed by atoms with Crippen LogP contribution in [-0.2, 0) is 10.0 Å². The summed E-state index contributed by atoms with van der Waals surface area (Å²) in [5.41, 5.74) is 0. The molecule has 1 saturated heterocycles. The normalized spacial score (nSPS) is 24.2. The zero-order valence-electron chi connectivity index (χ0n) is 11.6. The number of hydrogen-bond donors (Lipinski definition) is 2. The minimum absolute atomic E-state index is 0.293. The Bertz CT molecular complexity index is 417. The Morgan fingerprint density at radius 2 is 2.11 bits per heavy atom. The van der Waals surface area contributed by atoms with E-state index < -0.39 is 10.0 Å². The Balaban J connectivity index is 1.65. The van der Waals surface area contributed by atoms with Gasteiger partial charge in [-0.05, 0) is 25.2 Å². The van der Waals surface area contributed by atoms with Gasteiger partial charge in [0.15, 0.2) is 5.96 Å². The zero-order valence-corrected chi connectivity index (χ0v) is 12.4. The fourth-order valence-electron chi connectivity index (χ4n) is 2.40. The summed E-state index contributed by atoms with van der Waals surface area (Å²) in [5, 5.41) is 6.46. The highest BCUT2D eigenvalue weighted by atomic mass is 32.2. The van der Waals surface area contributed by atoms with Crippen LogP contribution in [0.4, 0.5) is 0 Å². The second-order valence-electron chi connectivity index (χ2n) is 5.25. The summed E-state index contributed by atoms with van der Waals surface area (Å²) in [4.78, 5) is 4.15. The van der Waals surface area contributed by atoms with Gasteiger partial charge in [-0.1, -0.05) is 6.42 Å². The predicted molar refractivity (Wildman–Crippen MR) is 76.7 cm³/mol. The molecule has 2 aliphatic rings. The van der Waals surface area contributed by atoms with E-state index in [0.717, 1.165) is 24.8 Å². The van der Waals surface area contributed by atoms with Crippen LogP contribution in [0.2, 0.25) is 0 Å². The molecule has 7 heteroatoms. The third-order valence-corrected chi connectivity index (χ3v) is 5.82. The highest BCUT2D eigenvalue weighted by molar-refractivity contribution is 7.89. The van der Waals surface area contributed by atoms with Crippen LogP contribution < -0.4 is 10.6 Å². The van der Waals surface area contributed by atoms with Gasteiger partial charge >= 0.3 is 0 Å². The van der Waals surface area contributed by atoms with Gasteiger partial charge in [0.1, 0.15) is 0 Å². The fraction of sp³-hybridized carbons (Fsp3) is 0.917. The van der Waals surface area contributed by atoms with Crippen molar-refractivity contribution in [2.75, 3.05) is 39.0 Å². The molecule has 0 bridgehead atoms. The first-order valence-corrected chi connectivity index (χ1v) is 8.65. The van der Waals surface area contributed by atoms with Crippen molar-refractivity contribution in [2.24, 2.45) is 10.9 Å². The van der Waals surface area contributed by atoms with E-state index in [9.17, 15) is 8.42 Å². The standard InChI is InChI=1S/C12H24N4O2S/c1-13-12(15-10-11-4-2-5-11)14-6-8-16-7-3-9-19(16,17)18/h11H,2-10H2,1H3,(H2,13,14,15). The molecule has 0 aromatic rings. The highest BCUT2D eigenvalue weighted by Gasteiger charge is 2.27. The lowest BCUT2D eigenvalue weighted by atomic mass is 9.85. The van der Waals surface area contributed by atoms with Crippen molar-refractivity contribution >= 4 is 16.0 Å². The first-order valence-electron chi connectivity index (χ1n) is 7.04. The number of nitrogens with zero attached hydrogens (tertiary/aromatic N) is 2. The van der Waals surface area contributed by atoms with E-state index in [1.165, 1.54) is 19.3 Å². The number of nitrogens with one attached hydrogen (secondary N) is 2. The van der Waals surface area contributed by atoms with E-state index >= 15 is 0 Å². The predicted octanol–water partition coefficient (Wildman–Crippen LogP) is -0.0130. The van der Waals surface area contributed by atoms with Crippen LogP contribution in [0.3, 0.4) is 0 Å². The molecule has 2 rings (SSSR count). The Morgan fingerprint density at radius 1 is 1.32 bits per heavy atom. The maximum Gasteiger partial charge on any atom is 0.214 e. The fourth-order valence-corrected chi connectivity index (χ4v) is 3.93. The largest absolute Gasteiger partial charge is 0.356 e. The summed E-state index contributed by atoms with van der Waals surface area (Å²) in [7, 11) is -1.24. The van der Waals surface area contributed by atoms with Crippen LogP contribution in [0.5, 0.6) is 0 Å². The SMILES string of the molecule is CN=C(NCCN1CCCS1(=O)=O)NCC1CCC1. The molecule has 0 amide bonds. The van der Waals surface area contributed by atoms with Gasteiger partial charge in [0.2, 0.25) is 10.0 Å². The molecule has 2 N–H and O–H groups in total. The van der Waals surface area contributed by atoms with Crippen molar-refractivity contribution in [3.05, 3.63) is 0 Å². The summed E-state index contributed by atoms with van der Waals surface area (Å²) in [5.74, 6) is 1.84. The van der Waals surface area contributed by atoms with E-state index in [1.807, 2.05) is 0 Å². The van der Waals surface area contributed by atoms with Crippen LogP contribution >= 0.6 is 0 Å². The molecule has 2 fully saturated rings. The summed E-state index contributed by atoms with van der Waals surface area (Å²) >= 11 is 0. The third-order valence-electron chi connectivity index (χ3n) is 3.86. The van der Waals surface area contributed by atoms with Crippen molar-refractivity contribution < 1.29 is 8.42 Å². The second-order valence-corrected chi connectivity index (χ2v) is 7.33. The van der Waals surface area contributed by atoms with E-state index in [0.29, 0.717) is 25.4 Å². The van der Waals surface area contributed by atoms with Gasteiger partial charge < -0.3 is 10.6 Å². The molecule has 0 atom stereocenters. The average molecular weight is 288 g/mol. The first-order chi connectivity index (χ1) is 9.12. The van der Waals surface area contributed by atoms with E-state index in [-0.39, 0.29) is 0 Å². The Labute approximate surface area is 115 Å². The van der Waals surface area contributed by atoms with Crippen LogP contribution in [0.25, 0.3) is 0 Å². The minimum atomic E-state index is -2.98. The van der Waals surface area contributed by atoms with E-state index in [4.69, 9.17) is 0 Å². The minimum Gasteiger partial charge on any atom is -0.356 e.